The smallest absolute Gasteiger partial charge is 0.233 e. The molecule has 0 aromatic carbocycles. The molecule has 3 aromatic rings. The molecule has 0 radical (unpaired) electrons. The predicted molar refractivity (Wildman–Crippen MR) is 94.4 cm³/mol. The molecule has 4 heterocycles. The summed E-state index contributed by atoms with van der Waals surface area (Å²) in [5.41, 5.74) is 2.98. The maximum atomic E-state index is 12.5. The highest BCUT2D eigenvalue weighted by atomic mass is 32.2. The molecule has 1 aliphatic rings. The van der Waals surface area contributed by atoms with Gasteiger partial charge in [0.25, 0.3) is 0 Å². The highest BCUT2D eigenvalue weighted by molar-refractivity contribution is 7.99. The Morgan fingerprint density at radius 2 is 2.25 bits per heavy atom. The number of hydrogen-bond acceptors (Lipinski definition) is 6. The second kappa shape index (κ2) is 6.18. The minimum absolute atomic E-state index is 0.145. The van der Waals surface area contributed by atoms with Crippen LogP contribution in [-0.4, -0.2) is 42.7 Å². The number of carbonyl (C=O) groups is 1. The maximum absolute atomic E-state index is 12.5. The fraction of sp³-hybridized carbons (Fsp3) is 0.375. The van der Waals surface area contributed by atoms with E-state index in [0.717, 1.165) is 41.8 Å². The summed E-state index contributed by atoms with van der Waals surface area (Å²) >= 11 is 3.21. The van der Waals surface area contributed by atoms with Crippen LogP contribution in [0.25, 0.3) is 5.65 Å². The van der Waals surface area contributed by atoms with Crippen molar-refractivity contribution >= 4 is 34.7 Å². The number of thiophene rings is 1. The van der Waals surface area contributed by atoms with Crippen molar-refractivity contribution in [3.05, 3.63) is 39.5 Å². The average molecular weight is 359 g/mol. The van der Waals surface area contributed by atoms with Crippen molar-refractivity contribution in [3.63, 3.8) is 0 Å². The summed E-state index contributed by atoms with van der Waals surface area (Å²) in [5.74, 6) is 1.35. The van der Waals surface area contributed by atoms with E-state index in [0.29, 0.717) is 5.75 Å². The van der Waals surface area contributed by atoms with Crippen molar-refractivity contribution < 1.29 is 4.79 Å². The van der Waals surface area contributed by atoms with Crippen LogP contribution in [0.2, 0.25) is 0 Å². The molecule has 3 aromatic heterocycles. The molecule has 0 saturated heterocycles. The van der Waals surface area contributed by atoms with E-state index in [4.69, 9.17) is 0 Å². The summed E-state index contributed by atoms with van der Waals surface area (Å²) in [6.45, 7) is 5.39. The van der Waals surface area contributed by atoms with Gasteiger partial charge in [0.2, 0.25) is 5.91 Å². The zero-order valence-electron chi connectivity index (χ0n) is 13.5. The third-order valence-electron chi connectivity index (χ3n) is 4.14. The van der Waals surface area contributed by atoms with Gasteiger partial charge in [-0.05, 0) is 37.3 Å². The van der Waals surface area contributed by atoms with E-state index >= 15 is 0 Å². The average Bonchev–Trinajstić information content (AvgIpc) is 3.18. The Morgan fingerprint density at radius 1 is 1.38 bits per heavy atom. The van der Waals surface area contributed by atoms with E-state index in [1.54, 1.807) is 11.3 Å². The Kier molecular flexibility index (Phi) is 4.01. The monoisotopic (exact) mass is 359 g/mol. The molecule has 8 heteroatoms. The number of thioether (sulfide) groups is 1. The number of aromatic nitrogens is 4. The van der Waals surface area contributed by atoms with Gasteiger partial charge in [0, 0.05) is 29.7 Å². The maximum Gasteiger partial charge on any atom is 0.233 e. The van der Waals surface area contributed by atoms with Gasteiger partial charge in [-0.25, -0.2) is 4.98 Å². The van der Waals surface area contributed by atoms with Gasteiger partial charge in [-0.2, -0.15) is 0 Å². The van der Waals surface area contributed by atoms with Gasteiger partial charge in [-0.15, -0.1) is 21.5 Å². The zero-order valence-corrected chi connectivity index (χ0v) is 15.2. The second-order valence-electron chi connectivity index (χ2n) is 5.84. The van der Waals surface area contributed by atoms with Crippen LogP contribution in [0, 0.1) is 13.8 Å². The number of hydrogen-bond donors (Lipinski definition) is 0. The van der Waals surface area contributed by atoms with Gasteiger partial charge in [0.15, 0.2) is 10.8 Å². The molecule has 0 unspecified atom stereocenters. The van der Waals surface area contributed by atoms with Crippen LogP contribution in [0.5, 0.6) is 0 Å². The van der Waals surface area contributed by atoms with Crippen LogP contribution < -0.4 is 0 Å². The number of rotatable bonds is 3. The first-order valence-electron chi connectivity index (χ1n) is 7.77. The second-order valence-corrected chi connectivity index (χ2v) is 7.79. The van der Waals surface area contributed by atoms with E-state index in [1.165, 1.54) is 22.2 Å². The minimum atomic E-state index is 0.145. The van der Waals surface area contributed by atoms with E-state index in [2.05, 4.69) is 26.6 Å². The van der Waals surface area contributed by atoms with Gasteiger partial charge in [-0.3, -0.25) is 9.20 Å². The quantitative estimate of drug-likeness (QED) is 0.672. The van der Waals surface area contributed by atoms with Crippen LogP contribution in [0.3, 0.4) is 0 Å². The van der Waals surface area contributed by atoms with Crippen molar-refractivity contribution in [1.29, 1.82) is 0 Å². The molecule has 0 atom stereocenters. The third kappa shape index (κ3) is 2.80. The first-order valence-corrected chi connectivity index (χ1v) is 9.63. The number of amides is 1. The lowest BCUT2D eigenvalue weighted by molar-refractivity contribution is -0.129. The van der Waals surface area contributed by atoms with Crippen molar-refractivity contribution in [3.8, 4) is 0 Å². The standard InChI is InChI=1S/C16H17N5OS2/c1-10-7-14-18-19-16(21(14)11(2)17-10)24-9-15(22)20-5-3-13-12(8-20)4-6-23-13/h4,6-7H,3,5,8-9H2,1-2H3. The molecular formula is C16H17N5OS2. The lowest BCUT2D eigenvalue weighted by Crippen LogP contribution is -2.36. The molecule has 0 fully saturated rings. The van der Waals surface area contributed by atoms with Gasteiger partial charge in [-0.1, -0.05) is 11.8 Å². The zero-order chi connectivity index (χ0) is 16.7. The largest absolute Gasteiger partial charge is 0.337 e. The van der Waals surface area contributed by atoms with Crippen LogP contribution >= 0.6 is 23.1 Å². The van der Waals surface area contributed by atoms with E-state index in [1.807, 2.05) is 29.2 Å². The number of fused-ring (bicyclic) bond motifs is 2. The fourth-order valence-electron chi connectivity index (χ4n) is 2.98. The van der Waals surface area contributed by atoms with E-state index in [-0.39, 0.29) is 5.91 Å². The third-order valence-corrected chi connectivity index (χ3v) is 6.08. The highest BCUT2D eigenvalue weighted by Gasteiger charge is 2.22. The molecule has 24 heavy (non-hydrogen) atoms. The lowest BCUT2D eigenvalue weighted by Gasteiger charge is -2.26. The summed E-state index contributed by atoms with van der Waals surface area (Å²) < 4.78 is 1.90. The number of nitrogens with zero attached hydrogens (tertiary/aromatic N) is 5. The summed E-state index contributed by atoms with van der Waals surface area (Å²) in [7, 11) is 0. The number of carbonyl (C=O) groups excluding carboxylic acids is 1. The van der Waals surface area contributed by atoms with Crippen LogP contribution in [-0.2, 0) is 17.8 Å². The first kappa shape index (κ1) is 15.6. The minimum Gasteiger partial charge on any atom is -0.337 e. The van der Waals surface area contributed by atoms with Crippen molar-refractivity contribution in [2.24, 2.45) is 0 Å². The van der Waals surface area contributed by atoms with E-state index in [9.17, 15) is 4.79 Å². The van der Waals surface area contributed by atoms with Gasteiger partial charge < -0.3 is 4.90 Å². The Labute approximate surface area is 147 Å². The molecule has 0 saturated carbocycles. The molecule has 4 rings (SSSR count). The van der Waals surface area contributed by atoms with Crippen molar-refractivity contribution in [2.45, 2.75) is 32.0 Å². The molecule has 1 amide bonds. The Balaban J connectivity index is 1.47. The SMILES string of the molecule is Cc1cc2nnc(SCC(=O)N3CCc4sccc4C3)n2c(C)n1. The molecule has 1 aliphatic heterocycles. The molecule has 0 bridgehead atoms. The highest BCUT2D eigenvalue weighted by Crippen LogP contribution is 2.25. The fourth-order valence-corrected chi connectivity index (χ4v) is 4.75. The van der Waals surface area contributed by atoms with Crippen molar-refractivity contribution in [2.75, 3.05) is 12.3 Å². The Bertz CT molecular complexity index is 916. The predicted octanol–water partition coefficient (Wildman–Crippen LogP) is 2.48. The van der Waals surface area contributed by atoms with Crippen LogP contribution in [0.15, 0.2) is 22.7 Å². The number of aryl methyl sites for hydroxylation is 2. The van der Waals surface area contributed by atoms with Gasteiger partial charge in [0.1, 0.15) is 5.82 Å². The van der Waals surface area contributed by atoms with Crippen LogP contribution in [0.4, 0.5) is 0 Å². The Morgan fingerprint density at radius 3 is 3.12 bits per heavy atom. The molecule has 0 aliphatic carbocycles. The molecular weight excluding hydrogens is 342 g/mol. The molecule has 0 N–H and O–H groups in total. The Hall–Kier alpha value is -1.93. The topological polar surface area (TPSA) is 63.4 Å². The summed E-state index contributed by atoms with van der Waals surface area (Å²) in [6.07, 6.45) is 0.958. The molecule has 0 spiro atoms. The molecule has 124 valence electrons. The van der Waals surface area contributed by atoms with Gasteiger partial charge in [0.05, 0.1) is 5.75 Å². The summed E-state index contributed by atoms with van der Waals surface area (Å²) in [6, 6.07) is 4.02. The lowest BCUT2D eigenvalue weighted by atomic mass is 10.1. The van der Waals surface area contributed by atoms with Crippen molar-refractivity contribution in [1.82, 2.24) is 24.5 Å². The normalized spacial score (nSPS) is 14.2. The summed E-state index contributed by atoms with van der Waals surface area (Å²) in [4.78, 5) is 20.3. The first-order chi connectivity index (χ1) is 11.6. The van der Waals surface area contributed by atoms with Crippen LogP contribution in [0.1, 0.15) is 22.0 Å². The molecule has 6 nitrogen and oxygen atoms in total. The van der Waals surface area contributed by atoms with Gasteiger partial charge >= 0.3 is 0 Å². The van der Waals surface area contributed by atoms with E-state index < -0.39 is 0 Å². The summed E-state index contributed by atoms with van der Waals surface area (Å²) in [5, 5.41) is 11.2.